The molecule has 138 valence electrons. The van der Waals surface area contributed by atoms with E-state index in [4.69, 9.17) is 18.9 Å². The first-order valence-corrected chi connectivity index (χ1v) is 7.59. The van der Waals surface area contributed by atoms with E-state index in [2.05, 4.69) is 10.5 Å². The molecule has 0 aliphatic heterocycles. The van der Waals surface area contributed by atoms with Crippen molar-refractivity contribution in [2.24, 2.45) is 5.10 Å². The average Bonchev–Trinajstić information content (AvgIpc) is 2.66. The molecule has 2 rings (SSSR count). The van der Waals surface area contributed by atoms with Crippen molar-refractivity contribution in [1.82, 2.24) is 5.43 Å². The fourth-order valence-corrected chi connectivity index (χ4v) is 2.14. The van der Waals surface area contributed by atoms with E-state index in [1.54, 1.807) is 18.2 Å². The van der Waals surface area contributed by atoms with Crippen LogP contribution in [0.4, 0.5) is 4.39 Å². The van der Waals surface area contributed by atoms with Crippen molar-refractivity contribution in [2.45, 2.75) is 0 Å². The molecule has 0 aliphatic carbocycles. The Morgan fingerprint density at radius 3 is 2.42 bits per heavy atom. The minimum Gasteiger partial charge on any atom is -0.493 e. The van der Waals surface area contributed by atoms with Crippen LogP contribution in [0.15, 0.2) is 41.5 Å². The van der Waals surface area contributed by atoms with Crippen LogP contribution in [0.1, 0.15) is 5.56 Å². The molecular weight excluding hydrogens is 343 g/mol. The first kappa shape index (κ1) is 19.0. The monoisotopic (exact) mass is 362 g/mol. The van der Waals surface area contributed by atoms with Gasteiger partial charge in [0, 0.05) is 5.56 Å². The Morgan fingerprint density at radius 2 is 1.77 bits per heavy atom. The second-order valence-electron chi connectivity index (χ2n) is 4.94. The molecule has 0 fully saturated rings. The smallest absolute Gasteiger partial charge is 0.277 e. The summed E-state index contributed by atoms with van der Waals surface area (Å²) in [7, 11) is 4.49. The summed E-state index contributed by atoms with van der Waals surface area (Å²) in [6.45, 7) is -0.374. The molecule has 2 aromatic carbocycles. The van der Waals surface area contributed by atoms with Crippen LogP contribution in [0.2, 0.25) is 0 Å². The Kier molecular flexibility index (Phi) is 6.78. The molecule has 8 heteroatoms. The largest absolute Gasteiger partial charge is 0.493 e. The lowest BCUT2D eigenvalue weighted by Gasteiger charge is -2.13. The van der Waals surface area contributed by atoms with Crippen LogP contribution in [0, 0.1) is 5.82 Å². The van der Waals surface area contributed by atoms with E-state index >= 15 is 0 Å². The van der Waals surface area contributed by atoms with Crippen LogP contribution in [0.25, 0.3) is 0 Å². The van der Waals surface area contributed by atoms with Crippen molar-refractivity contribution >= 4 is 12.1 Å². The van der Waals surface area contributed by atoms with Gasteiger partial charge in [0.05, 0.1) is 27.5 Å². The van der Waals surface area contributed by atoms with Gasteiger partial charge in [-0.3, -0.25) is 4.79 Å². The SMILES string of the molecule is COc1ccc(/C=N\NC(=O)COc2ccccc2F)c(OC)c1OC. The number of halogens is 1. The Bertz CT molecular complexity index is 795. The first-order valence-electron chi connectivity index (χ1n) is 7.59. The van der Waals surface area contributed by atoms with Crippen molar-refractivity contribution in [3.8, 4) is 23.0 Å². The molecule has 26 heavy (non-hydrogen) atoms. The zero-order valence-electron chi connectivity index (χ0n) is 14.6. The Hall–Kier alpha value is -3.29. The molecule has 0 aromatic heterocycles. The van der Waals surface area contributed by atoms with E-state index in [9.17, 15) is 9.18 Å². The second-order valence-corrected chi connectivity index (χ2v) is 4.94. The van der Waals surface area contributed by atoms with Gasteiger partial charge in [-0.1, -0.05) is 12.1 Å². The first-order chi connectivity index (χ1) is 12.6. The molecule has 0 spiro atoms. The van der Waals surface area contributed by atoms with Crippen LogP contribution in [0.5, 0.6) is 23.0 Å². The minimum absolute atomic E-state index is 0.00631. The summed E-state index contributed by atoms with van der Waals surface area (Å²) in [5.74, 6) is 0.237. The highest BCUT2D eigenvalue weighted by Crippen LogP contribution is 2.38. The minimum atomic E-state index is -0.543. The number of hydrogen-bond donors (Lipinski definition) is 1. The topological polar surface area (TPSA) is 78.4 Å². The number of hydrazone groups is 1. The number of ether oxygens (including phenoxy) is 4. The van der Waals surface area contributed by atoms with Gasteiger partial charge in [0.25, 0.3) is 5.91 Å². The lowest BCUT2D eigenvalue weighted by Crippen LogP contribution is -2.24. The highest BCUT2D eigenvalue weighted by Gasteiger charge is 2.14. The van der Waals surface area contributed by atoms with Crippen LogP contribution < -0.4 is 24.4 Å². The maximum Gasteiger partial charge on any atom is 0.277 e. The molecule has 0 unspecified atom stereocenters. The van der Waals surface area contributed by atoms with E-state index in [0.717, 1.165) is 0 Å². The van der Waals surface area contributed by atoms with E-state index in [-0.39, 0.29) is 12.4 Å². The van der Waals surface area contributed by atoms with E-state index in [0.29, 0.717) is 22.8 Å². The quantitative estimate of drug-likeness (QED) is 0.576. The maximum atomic E-state index is 13.4. The molecule has 0 bridgehead atoms. The normalized spacial score (nSPS) is 10.5. The van der Waals surface area contributed by atoms with E-state index in [1.807, 2.05) is 0 Å². The van der Waals surface area contributed by atoms with Gasteiger partial charge >= 0.3 is 0 Å². The highest BCUT2D eigenvalue weighted by atomic mass is 19.1. The summed E-state index contributed by atoms with van der Waals surface area (Å²) in [5.41, 5.74) is 2.86. The van der Waals surface area contributed by atoms with Crippen molar-refractivity contribution in [2.75, 3.05) is 27.9 Å². The summed E-state index contributed by atoms with van der Waals surface area (Å²) < 4.78 is 34.3. The van der Waals surface area contributed by atoms with Gasteiger partial charge in [-0.25, -0.2) is 9.82 Å². The number of para-hydroxylation sites is 1. The zero-order valence-corrected chi connectivity index (χ0v) is 14.6. The molecule has 0 saturated heterocycles. The number of benzene rings is 2. The van der Waals surface area contributed by atoms with Crippen LogP contribution in [-0.2, 0) is 4.79 Å². The van der Waals surface area contributed by atoms with Crippen molar-refractivity contribution in [3.63, 3.8) is 0 Å². The molecule has 0 heterocycles. The van der Waals surface area contributed by atoms with Gasteiger partial charge in [0.2, 0.25) is 5.75 Å². The number of carbonyl (C=O) groups excluding carboxylic acids is 1. The third kappa shape index (κ3) is 4.62. The van der Waals surface area contributed by atoms with Crippen molar-refractivity contribution in [3.05, 3.63) is 47.8 Å². The molecule has 2 aromatic rings. The molecule has 0 atom stereocenters. The molecule has 0 aliphatic rings. The fraction of sp³-hybridized carbons (Fsp3) is 0.222. The van der Waals surface area contributed by atoms with Gasteiger partial charge in [0.1, 0.15) is 0 Å². The lowest BCUT2D eigenvalue weighted by atomic mass is 10.2. The highest BCUT2D eigenvalue weighted by molar-refractivity contribution is 5.87. The summed E-state index contributed by atoms with van der Waals surface area (Å²) in [6.07, 6.45) is 1.39. The number of nitrogens with one attached hydrogen (secondary N) is 1. The van der Waals surface area contributed by atoms with Gasteiger partial charge < -0.3 is 18.9 Å². The predicted octanol–water partition coefficient (Wildman–Crippen LogP) is 2.38. The summed E-state index contributed by atoms with van der Waals surface area (Å²) in [4.78, 5) is 11.7. The van der Waals surface area contributed by atoms with Gasteiger partial charge in [0.15, 0.2) is 29.7 Å². The number of rotatable bonds is 8. The number of hydrogen-bond acceptors (Lipinski definition) is 6. The van der Waals surface area contributed by atoms with E-state index in [1.165, 1.54) is 45.7 Å². The van der Waals surface area contributed by atoms with Crippen molar-refractivity contribution < 1.29 is 28.1 Å². The summed E-state index contributed by atoms with van der Waals surface area (Å²) >= 11 is 0. The fourth-order valence-electron chi connectivity index (χ4n) is 2.14. The molecule has 1 N–H and O–H groups in total. The zero-order chi connectivity index (χ0) is 18.9. The summed E-state index contributed by atoms with van der Waals surface area (Å²) in [6, 6.07) is 9.20. The number of amides is 1. The molecular formula is C18H19FN2O5. The van der Waals surface area contributed by atoms with Crippen LogP contribution in [-0.4, -0.2) is 40.1 Å². The molecule has 1 amide bonds. The lowest BCUT2D eigenvalue weighted by molar-refractivity contribution is -0.123. The van der Waals surface area contributed by atoms with Gasteiger partial charge in [-0.15, -0.1) is 0 Å². The average molecular weight is 362 g/mol. The Balaban J connectivity index is 1.99. The molecule has 0 saturated carbocycles. The van der Waals surface area contributed by atoms with Crippen LogP contribution >= 0.6 is 0 Å². The van der Waals surface area contributed by atoms with Crippen LogP contribution in [0.3, 0.4) is 0 Å². The van der Waals surface area contributed by atoms with E-state index < -0.39 is 11.7 Å². The van der Waals surface area contributed by atoms with Gasteiger partial charge in [-0.05, 0) is 24.3 Å². The number of carbonyl (C=O) groups is 1. The Morgan fingerprint density at radius 1 is 1.04 bits per heavy atom. The van der Waals surface area contributed by atoms with Gasteiger partial charge in [-0.2, -0.15) is 5.10 Å². The molecule has 7 nitrogen and oxygen atoms in total. The maximum absolute atomic E-state index is 13.4. The third-order valence-electron chi connectivity index (χ3n) is 3.32. The third-order valence-corrected chi connectivity index (χ3v) is 3.32. The van der Waals surface area contributed by atoms with Crippen molar-refractivity contribution in [1.29, 1.82) is 0 Å². The number of nitrogens with zero attached hydrogens (tertiary/aromatic N) is 1. The summed E-state index contributed by atoms with van der Waals surface area (Å²) in [5, 5.41) is 3.84. The second kappa shape index (κ2) is 9.26. The Labute approximate surface area is 150 Å². The molecule has 0 radical (unpaired) electrons. The predicted molar refractivity (Wildman–Crippen MR) is 93.7 cm³/mol. The standard InChI is InChI=1S/C18H19FN2O5/c1-23-15-9-8-12(17(24-2)18(15)25-3)10-20-21-16(22)11-26-14-7-5-4-6-13(14)19/h4-10H,11H2,1-3H3,(H,21,22)/b20-10-. The number of methoxy groups -OCH3 is 3.